The lowest BCUT2D eigenvalue weighted by molar-refractivity contribution is -0.385. The van der Waals surface area contributed by atoms with Crippen LogP contribution >= 0.6 is 11.3 Å². The molecule has 1 aromatic heterocycles. The predicted molar refractivity (Wildman–Crippen MR) is 78.1 cm³/mol. The van der Waals surface area contributed by atoms with E-state index in [2.05, 4.69) is 5.32 Å². The Morgan fingerprint density at radius 3 is 2.55 bits per heavy atom. The van der Waals surface area contributed by atoms with Gasteiger partial charge in [0.2, 0.25) is 0 Å². The number of hydrogen-bond acceptors (Lipinski definition) is 5. The average Bonchev–Trinajstić information content (AvgIpc) is 2.79. The number of aliphatic hydroxyl groups is 1. The van der Waals surface area contributed by atoms with Gasteiger partial charge in [0.1, 0.15) is 0 Å². The fraction of sp³-hybridized carbons (Fsp3) is 0.615. The summed E-state index contributed by atoms with van der Waals surface area (Å²) in [5, 5.41) is 23.3. The Morgan fingerprint density at radius 2 is 2.10 bits per heavy atom. The van der Waals surface area contributed by atoms with Crippen molar-refractivity contribution in [2.45, 2.75) is 39.7 Å². The topological polar surface area (TPSA) is 92.5 Å². The van der Waals surface area contributed by atoms with Crippen molar-refractivity contribution in [3.63, 3.8) is 0 Å². The number of hydrogen-bond donors (Lipinski definition) is 2. The quantitative estimate of drug-likeness (QED) is 0.597. The van der Waals surface area contributed by atoms with Crippen LogP contribution in [0.5, 0.6) is 0 Å². The molecule has 0 fully saturated rings. The number of thiophene rings is 1. The fourth-order valence-electron chi connectivity index (χ4n) is 2.05. The number of carbonyl (C=O) groups is 1. The SMILES string of the molecule is CCC(CC)C(O)CNC(=O)c1cc([N+](=O)[O-])c(C)s1. The molecule has 20 heavy (non-hydrogen) atoms. The van der Waals surface area contributed by atoms with Crippen molar-refractivity contribution in [3.05, 3.63) is 25.9 Å². The van der Waals surface area contributed by atoms with Crippen molar-refractivity contribution < 1.29 is 14.8 Å². The first kappa shape index (κ1) is 16.6. The normalized spacial score (nSPS) is 12.4. The lowest BCUT2D eigenvalue weighted by atomic mass is 9.96. The van der Waals surface area contributed by atoms with E-state index < -0.39 is 11.0 Å². The summed E-state index contributed by atoms with van der Waals surface area (Å²) in [7, 11) is 0. The van der Waals surface area contributed by atoms with Crippen LogP contribution in [-0.2, 0) is 0 Å². The van der Waals surface area contributed by atoms with Crippen LogP contribution in [0.4, 0.5) is 5.69 Å². The highest BCUT2D eigenvalue weighted by molar-refractivity contribution is 7.14. The molecule has 0 aromatic carbocycles. The van der Waals surface area contributed by atoms with Crippen LogP contribution in [0.2, 0.25) is 0 Å². The summed E-state index contributed by atoms with van der Waals surface area (Å²) in [4.78, 5) is 22.9. The second-order valence-electron chi connectivity index (χ2n) is 4.66. The maximum absolute atomic E-state index is 11.9. The Morgan fingerprint density at radius 1 is 1.50 bits per heavy atom. The highest BCUT2D eigenvalue weighted by Gasteiger charge is 2.21. The summed E-state index contributed by atoms with van der Waals surface area (Å²) in [5.41, 5.74) is -0.0410. The summed E-state index contributed by atoms with van der Waals surface area (Å²) >= 11 is 1.09. The highest BCUT2D eigenvalue weighted by atomic mass is 32.1. The standard InChI is InChI=1S/C13H20N2O4S/c1-4-9(5-2)11(16)7-14-13(17)12-6-10(15(18)19)8(3)20-12/h6,9,11,16H,4-5,7H2,1-3H3,(H,14,17). The maximum atomic E-state index is 11.9. The van der Waals surface area contributed by atoms with E-state index in [1.165, 1.54) is 6.07 Å². The highest BCUT2D eigenvalue weighted by Crippen LogP contribution is 2.27. The van der Waals surface area contributed by atoms with Crippen LogP contribution in [0.15, 0.2) is 6.07 Å². The third-order valence-corrected chi connectivity index (χ3v) is 4.42. The molecule has 7 heteroatoms. The minimum atomic E-state index is -0.593. The van der Waals surface area contributed by atoms with Crippen molar-refractivity contribution in [2.75, 3.05) is 6.54 Å². The predicted octanol–water partition coefficient (Wildman–Crippen LogP) is 2.49. The minimum absolute atomic E-state index is 0.0410. The summed E-state index contributed by atoms with van der Waals surface area (Å²) in [6, 6.07) is 1.28. The average molecular weight is 300 g/mol. The molecule has 112 valence electrons. The number of aryl methyl sites for hydroxylation is 1. The molecule has 0 aliphatic heterocycles. The summed E-state index contributed by atoms with van der Waals surface area (Å²) in [5.74, 6) is -0.231. The number of nitrogens with zero attached hydrogens (tertiary/aromatic N) is 1. The van der Waals surface area contributed by atoms with Gasteiger partial charge in [-0.2, -0.15) is 0 Å². The molecule has 0 aliphatic rings. The van der Waals surface area contributed by atoms with E-state index in [0.29, 0.717) is 9.75 Å². The molecule has 0 spiro atoms. The van der Waals surface area contributed by atoms with Crippen LogP contribution < -0.4 is 5.32 Å². The van der Waals surface area contributed by atoms with Gasteiger partial charge in [-0.05, 0) is 12.8 Å². The molecule has 1 heterocycles. The molecular weight excluding hydrogens is 280 g/mol. The maximum Gasteiger partial charge on any atom is 0.283 e. The largest absolute Gasteiger partial charge is 0.391 e. The lowest BCUT2D eigenvalue weighted by Gasteiger charge is -2.20. The molecule has 1 aromatic rings. The second-order valence-corrected chi connectivity index (χ2v) is 5.92. The molecule has 0 aliphatic carbocycles. The van der Waals surface area contributed by atoms with E-state index in [0.717, 1.165) is 24.2 Å². The molecule has 0 bridgehead atoms. The molecule has 2 N–H and O–H groups in total. The Hall–Kier alpha value is -1.47. The lowest BCUT2D eigenvalue weighted by Crippen LogP contribution is -2.35. The van der Waals surface area contributed by atoms with Crippen LogP contribution in [0.25, 0.3) is 0 Å². The van der Waals surface area contributed by atoms with E-state index >= 15 is 0 Å². The smallest absolute Gasteiger partial charge is 0.283 e. The first-order valence-corrected chi connectivity index (χ1v) is 7.43. The number of amides is 1. The van der Waals surface area contributed by atoms with Gasteiger partial charge < -0.3 is 10.4 Å². The van der Waals surface area contributed by atoms with Crippen molar-refractivity contribution in [3.8, 4) is 0 Å². The minimum Gasteiger partial charge on any atom is -0.391 e. The van der Waals surface area contributed by atoms with Crippen LogP contribution in [0.3, 0.4) is 0 Å². The van der Waals surface area contributed by atoms with E-state index in [4.69, 9.17) is 0 Å². The van der Waals surface area contributed by atoms with Gasteiger partial charge in [0.05, 0.1) is 20.8 Å². The third kappa shape index (κ3) is 4.01. The van der Waals surface area contributed by atoms with Crippen LogP contribution in [0, 0.1) is 23.0 Å². The third-order valence-electron chi connectivity index (χ3n) is 3.38. The van der Waals surface area contributed by atoms with Gasteiger partial charge in [0.15, 0.2) is 0 Å². The molecule has 1 unspecified atom stereocenters. The number of carbonyl (C=O) groups excluding carboxylic acids is 1. The zero-order valence-electron chi connectivity index (χ0n) is 11.9. The second kappa shape index (κ2) is 7.35. The van der Waals surface area contributed by atoms with Gasteiger partial charge in [-0.1, -0.05) is 26.7 Å². The Bertz CT molecular complexity index is 483. The molecule has 1 rings (SSSR count). The van der Waals surface area contributed by atoms with Crippen molar-refractivity contribution >= 4 is 22.9 Å². The zero-order valence-corrected chi connectivity index (χ0v) is 12.7. The van der Waals surface area contributed by atoms with Crippen molar-refractivity contribution in [2.24, 2.45) is 5.92 Å². The fourth-order valence-corrected chi connectivity index (χ4v) is 2.95. The Kier molecular flexibility index (Phi) is 6.09. The van der Waals surface area contributed by atoms with Gasteiger partial charge in [-0.3, -0.25) is 14.9 Å². The van der Waals surface area contributed by atoms with Gasteiger partial charge in [0, 0.05) is 12.6 Å². The number of rotatable bonds is 7. The van der Waals surface area contributed by atoms with Crippen LogP contribution in [0.1, 0.15) is 41.2 Å². The monoisotopic (exact) mass is 300 g/mol. The Balaban J connectivity index is 2.63. The van der Waals surface area contributed by atoms with Gasteiger partial charge in [-0.25, -0.2) is 0 Å². The zero-order chi connectivity index (χ0) is 15.3. The van der Waals surface area contributed by atoms with Gasteiger partial charge >= 0.3 is 0 Å². The summed E-state index contributed by atoms with van der Waals surface area (Å²) in [6.07, 6.45) is 1.10. The first-order valence-electron chi connectivity index (χ1n) is 6.61. The van der Waals surface area contributed by atoms with E-state index in [1.54, 1.807) is 6.92 Å². The summed E-state index contributed by atoms with van der Waals surface area (Å²) in [6.45, 7) is 5.75. The molecule has 0 saturated heterocycles. The Labute approximate surface area is 122 Å². The van der Waals surface area contributed by atoms with Crippen molar-refractivity contribution in [1.29, 1.82) is 0 Å². The molecule has 6 nitrogen and oxygen atoms in total. The first-order chi connectivity index (χ1) is 9.40. The number of nitro groups is 1. The summed E-state index contributed by atoms with van der Waals surface area (Å²) < 4.78 is 0. The molecule has 0 radical (unpaired) electrons. The molecule has 1 atom stereocenters. The molecular formula is C13H20N2O4S. The number of nitrogens with one attached hydrogen (secondary N) is 1. The number of aliphatic hydroxyl groups excluding tert-OH is 1. The van der Waals surface area contributed by atoms with Crippen molar-refractivity contribution in [1.82, 2.24) is 5.32 Å². The van der Waals surface area contributed by atoms with E-state index in [1.807, 2.05) is 13.8 Å². The van der Waals surface area contributed by atoms with Crippen LogP contribution in [-0.4, -0.2) is 28.6 Å². The van der Waals surface area contributed by atoms with E-state index in [9.17, 15) is 20.0 Å². The molecule has 1 amide bonds. The van der Waals surface area contributed by atoms with Gasteiger partial charge in [0.25, 0.3) is 11.6 Å². The van der Waals surface area contributed by atoms with E-state index in [-0.39, 0.29) is 24.1 Å². The molecule has 0 saturated carbocycles. The van der Waals surface area contributed by atoms with Gasteiger partial charge in [-0.15, -0.1) is 11.3 Å².